The standard InChI is InChI=1S/C17H19ClN3O3S2/c1-21(2)12-25-11-17(21,22)13-8-9-15(18)16(10-13)26(23,24)20-19-14-6-4-3-5-7-14/h3-10,22H,11-12H2,1-2H3/q+1. The van der Waals surface area contributed by atoms with Gasteiger partial charge in [0.05, 0.1) is 30.6 Å². The van der Waals surface area contributed by atoms with Gasteiger partial charge < -0.3 is 5.11 Å². The monoisotopic (exact) mass is 412 g/mol. The molecule has 0 aromatic heterocycles. The summed E-state index contributed by atoms with van der Waals surface area (Å²) in [6, 6.07) is 13.1. The molecular weight excluding hydrogens is 394 g/mol. The molecule has 1 saturated heterocycles. The number of quaternary nitrogens is 1. The Labute approximate surface area is 162 Å². The molecule has 0 aliphatic carbocycles. The van der Waals surface area contributed by atoms with E-state index >= 15 is 0 Å². The highest BCUT2D eigenvalue weighted by molar-refractivity contribution is 7.99. The number of sulfonamides is 1. The fourth-order valence-corrected chi connectivity index (χ4v) is 5.57. The van der Waals surface area contributed by atoms with Crippen LogP contribution in [0.15, 0.2) is 63.1 Å². The molecule has 1 N–H and O–H groups in total. The number of rotatable bonds is 4. The Balaban J connectivity index is 2.02. The van der Waals surface area contributed by atoms with Crippen LogP contribution in [0, 0.1) is 0 Å². The van der Waals surface area contributed by atoms with E-state index in [4.69, 9.17) is 11.6 Å². The lowest BCUT2D eigenvalue weighted by Gasteiger charge is -2.38. The van der Waals surface area contributed by atoms with Crippen molar-refractivity contribution in [3.05, 3.63) is 59.1 Å². The molecule has 138 valence electrons. The van der Waals surface area contributed by atoms with E-state index in [0.717, 1.165) is 5.88 Å². The first-order chi connectivity index (χ1) is 12.2. The van der Waals surface area contributed by atoms with Crippen LogP contribution < -0.4 is 0 Å². The Kier molecular flexibility index (Phi) is 5.15. The zero-order valence-electron chi connectivity index (χ0n) is 14.3. The van der Waals surface area contributed by atoms with Gasteiger partial charge in [-0.15, -0.1) is 5.11 Å². The van der Waals surface area contributed by atoms with Crippen LogP contribution in [-0.2, 0) is 15.7 Å². The summed E-state index contributed by atoms with van der Waals surface area (Å²) in [4.78, 5) is -0.165. The third kappa shape index (κ3) is 3.52. The van der Waals surface area contributed by atoms with Crippen molar-refractivity contribution in [3.8, 4) is 0 Å². The average Bonchev–Trinajstić information content (AvgIpc) is 2.88. The summed E-state index contributed by atoms with van der Waals surface area (Å²) in [6.07, 6.45) is 0. The zero-order chi connectivity index (χ0) is 19.0. The topological polar surface area (TPSA) is 79.1 Å². The lowest BCUT2D eigenvalue weighted by atomic mass is 10.0. The van der Waals surface area contributed by atoms with Crippen LogP contribution in [0.4, 0.5) is 5.69 Å². The highest BCUT2D eigenvalue weighted by Crippen LogP contribution is 2.42. The van der Waals surface area contributed by atoms with Crippen LogP contribution in [0.25, 0.3) is 0 Å². The van der Waals surface area contributed by atoms with E-state index in [1.54, 1.807) is 48.2 Å². The van der Waals surface area contributed by atoms with Crippen LogP contribution >= 0.6 is 23.4 Å². The Morgan fingerprint density at radius 1 is 1.19 bits per heavy atom. The van der Waals surface area contributed by atoms with Crippen LogP contribution in [0.5, 0.6) is 0 Å². The smallest absolute Gasteiger partial charge is 0.301 e. The van der Waals surface area contributed by atoms with Crippen molar-refractivity contribution in [3.63, 3.8) is 0 Å². The molecule has 1 aliphatic heterocycles. The normalized spacial score (nSPS) is 22.8. The van der Waals surface area contributed by atoms with E-state index < -0.39 is 15.7 Å². The van der Waals surface area contributed by atoms with E-state index in [-0.39, 0.29) is 9.92 Å². The molecule has 1 heterocycles. The third-order valence-electron chi connectivity index (χ3n) is 4.41. The SMILES string of the molecule is C[N+]1(C)CSCC1(O)c1ccc(Cl)c(S(=O)(=O)N=Nc2ccccc2)c1. The van der Waals surface area contributed by atoms with E-state index in [1.807, 2.05) is 14.1 Å². The van der Waals surface area contributed by atoms with Gasteiger partial charge in [0.1, 0.15) is 10.8 Å². The molecule has 6 nitrogen and oxygen atoms in total. The molecule has 2 aromatic rings. The van der Waals surface area contributed by atoms with Gasteiger partial charge in [-0.3, -0.25) is 4.48 Å². The molecule has 1 fully saturated rings. The van der Waals surface area contributed by atoms with Gasteiger partial charge in [-0.1, -0.05) is 46.1 Å². The highest BCUT2D eigenvalue weighted by atomic mass is 35.5. The second-order valence-corrected chi connectivity index (χ2v) is 9.53. The Morgan fingerprint density at radius 3 is 2.50 bits per heavy atom. The van der Waals surface area contributed by atoms with Crippen LogP contribution in [-0.4, -0.2) is 43.7 Å². The van der Waals surface area contributed by atoms with Gasteiger partial charge in [0.15, 0.2) is 0 Å². The van der Waals surface area contributed by atoms with Gasteiger partial charge in [0, 0.05) is 5.56 Å². The number of aliphatic hydroxyl groups is 1. The number of halogens is 1. The summed E-state index contributed by atoms with van der Waals surface area (Å²) in [5, 5.41) is 15.0. The first kappa shape index (κ1) is 19.3. The second-order valence-electron chi connectivity index (χ2n) is 6.62. The number of hydrogen-bond acceptors (Lipinski definition) is 5. The predicted molar refractivity (Wildman–Crippen MR) is 103 cm³/mol. The summed E-state index contributed by atoms with van der Waals surface area (Å²) in [6.45, 7) is 0. The maximum Gasteiger partial charge on any atom is 0.301 e. The molecule has 1 unspecified atom stereocenters. The minimum Gasteiger partial charge on any atom is -0.338 e. The molecule has 3 rings (SSSR count). The highest BCUT2D eigenvalue weighted by Gasteiger charge is 2.51. The summed E-state index contributed by atoms with van der Waals surface area (Å²) in [5.74, 6) is 1.18. The first-order valence-corrected chi connectivity index (χ1v) is 10.8. The maximum absolute atomic E-state index is 12.6. The lowest BCUT2D eigenvalue weighted by molar-refractivity contribution is -0.957. The zero-order valence-corrected chi connectivity index (χ0v) is 16.7. The van der Waals surface area contributed by atoms with Gasteiger partial charge in [-0.25, -0.2) is 0 Å². The van der Waals surface area contributed by atoms with Crippen molar-refractivity contribution in [1.29, 1.82) is 0 Å². The largest absolute Gasteiger partial charge is 0.338 e. The first-order valence-electron chi connectivity index (χ1n) is 7.82. The molecule has 0 spiro atoms. The van der Waals surface area contributed by atoms with Crippen molar-refractivity contribution in [2.75, 3.05) is 25.7 Å². The van der Waals surface area contributed by atoms with Gasteiger partial charge in [0.2, 0.25) is 5.72 Å². The van der Waals surface area contributed by atoms with Gasteiger partial charge in [-0.2, -0.15) is 8.42 Å². The third-order valence-corrected chi connectivity index (χ3v) is 7.48. The molecule has 9 heteroatoms. The number of hydrogen-bond donors (Lipinski definition) is 1. The van der Waals surface area contributed by atoms with Gasteiger partial charge in [-0.05, 0) is 30.3 Å². The molecule has 0 bridgehead atoms. The predicted octanol–water partition coefficient (Wildman–Crippen LogP) is 3.74. The maximum atomic E-state index is 12.6. The molecule has 1 atom stereocenters. The lowest BCUT2D eigenvalue weighted by Crippen LogP contribution is -2.54. The second kappa shape index (κ2) is 6.94. The average molecular weight is 413 g/mol. The Morgan fingerprint density at radius 2 is 1.88 bits per heavy atom. The summed E-state index contributed by atoms with van der Waals surface area (Å²) < 4.78 is 29.1. The molecule has 2 aromatic carbocycles. The minimum atomic E-state index is -4.10. The Hall–Kier alpha value is -1.45. The van der Waals surface area contributed by atoms with Gasteiger partial charge in [0.25, 0.3) is 0 Å². The summed E-state index contributed by atoms with van der Waals surface area (Å²) >= 11 is 7.72. The summed E-state index contributed by atoms with van der Waals surface area (Å²) in [7, 11) is -0.302. The molecular formula is C17H19ClN3O3S2+. The molecule has 26 heavy (non-hydrogen) atoms. The van der Waals surface area contributed by atoms with Gasteiger partial charge >= 0.3 is 10.0 Å². The van der Waals surface area contributed by atoms with E-state index in [2.05, 4.69) is 9.63 Å². The number of thioether (sulfide) groups is 1. The van der Waals surface area contributed by atoms with E-state index in [9.17, 15) is 13.5 Å². The van der Waals surface area contributed by atoms with Crippen LogP contribution in [0.3, 0.4) is 0 Å². The number of benzene rings is 2. The number of nitrogens with zero attached hydrogens (tertiary/aromatic N) is 3. The minimum absolute atomic E-state index is 0.0420. The van der Waals surface area contributed by atoms with Crippen LogP contribution in [0.2, 0.25) is 5.02 Å². The van der Waals surface area contributed by atoms with Crippen molar-refractivity contribution < 1.29 is 18.0 Å². The summed E-state index contributed by atoms with van der Waals surface area (Å²) in [5.41, 5.74) is -0.284. The molecule has 0 saturated carbocycles. The fraction of sp³-hybridized carbons (Fsp3) is 0.294. The molecule has 1 aliphatic rings. The Bertz CT molecular complexity index is 949. The molecule has 0 amide bonds. The van der Waals surface area contributed by atoms with Crippen molar-refractivity contribution in [2.45, 2.75) is 10.6 Å². The van der Waals surface area contributed by atoms with Crippen molar-refractivity contribution >= 4 is 39.1 Å². The molecule has 0 radical (unpaired) electrons. The van der Waals surface area contributed by atoms with Crippen LogP contribution in [0.1, 0.15) is 5.56 Å². The van der Waals surface area contributed by atoms with Crippen molar-refractivity contribution in [2.24, 2.45) is 9.63 Å². The van der Waals surface area contributed by atoms with E-state index in [1.165, 1.54) is 12.1 Å². The quantitative estimate of drug-likeness (QED) is 0.612. The fourth-order valence-electron chi connectivity index (χ4n) is 2.72. The van der Waals surface area contributed by atoms with Crippen molar-refractivity contribution in [1.82, 2.24) is 0 Å². The van der Waals surface area contributed by atoms with E-state index in [0.29, 0.717) is 21.5 Å².